The molecule has 0 amide bonds. The van der Waals surface area contributed by atoms with E-state index in [0.717, 1.165) is 41.5 Å². The largest absolute Gasteiger partial charge is 0.384 e. The second-order valence-electron chi connectivity index (χ2n) is 7.72. The lowest BCUT2D eigenvalue weighted by Crippen LogP contribution is -2.49. The Balaban J connectivity index is 2.16. The van der Waals surface area contributed by atoms with Gasteiger partial charge in [-0.1, -0.05) is 29.8 Å². The van der Waals surface area contributed by atoms with E-state index in [2.05, 4.69) is 41.7 Å². The van der Waals surface area contributed by atoms with Crippen molar-refractivity contribution in [2.24, 2.45) is 11.3 Å². The van der Waals surface area contributed by atoms with Gasteiger partial charge in [0, 0.05) is 9.89 Å². The molecule has 1 saturated heterocycles. The predicted molar refractivity (Wildman–Crippen MR) is 90.4 cm³/mol. The van der Waals surface area contributed by atoms with Gasteiger partial charge in [0.05, 0.1) is 5.60 Å². The van der Waals surface area contributed by atoms with Crippen LogP contribution in [0.2, 0.25) is 0 Å². The maximum Gasteiger partial charge on any atom is 0.127 e. The molecule has 2 aliphatic rings. The topological polar surface area (TPSA) is 23.5 Å². The van der Waals surface area contributed by atoms with Crippen LogP contribution in [-0.2, 0) is 12.0 Å². The summed E-state index contributed by atoms with van der Waals surface area (Å²) in [5.41, 5.74) is 1.26. The molecule has 1 unspecified atom stereocenters. The third kappa shape index (κ3) is 2.18. The van der Waals surface area contributed by atoms with Crippen LogP contribution in [-0.4, -0.2) is 30.1 Å². The monoisotopic (exact) mass is 369 g/mol. The van der Waals surface area contributed by atoms with Gasteiger partial charge >= 0.3 is 0 Å². The van der Waals surface area contributed by atoms with E-state index >= 15 is 0 Å². The molecule has 22 heavy (non-hydrogen) atoms. The van der Waals surface area contributed by atoms with Crippen LogP contribution in [0, 0.1) is 24.1 Å². The summed E-state index contributed by atoms with van der Waals surface area (Å²) in [7, 11) is 2.12. The van der Waals surface area contributed by atoms with E-state index in [1.54, 1.807) is 6.07 Å². The Kier molecular flexibility index (Phi) is 3.94. The lowest BCUT2D eigenvalue weighted by molar-refractivity contribution is -0.121. The summed E-state index contributed by atoms with van der Waals surface area (Å²) >= 11 is 3.46. The maximum atomic E-state index is 14.5. The van der Waals surface area contributed by atoms with Gasteiger partial charge in [0.1, 0.15) is 5.82 Å². The number of aliphatic hydroxyl groups is 1. The van der Waals surface area contributed by atoms with Gasteiger partial charge in [-0.2, -0.15) is 0 Å². The minimum absolute atomic E-state index is 0.187. The van der Waals surface area contributed by atoms with Crippen molar-refractivity contribution in [2.75, 3.05) is 20.1 Å². The Hall–Kier alpha value is -0.450. The van der Waals surface area contributed by atoms with Crippen LogP contribution >= 0.6 is 15.9 Å². The first-order valence-electron chi connectivity index (χ1n) is 8.07. The zero-order valence-electron chi connectivity index (χ0n) is 13.8. The van der Waals surface area contributed by atoms with Gasteiger partial charge < -0.3 is 10.0 Å². The van der Waals surface area contributed by atoms with Gasteiger partial charge in [0.25, 0.3) is 0 Å². The number of nitrogens with zero attached hydrogens (tertiary/aromatic N) is 1. The standard InChI is InChI=1S/C18H25BrFNO/c1-11-14(19)9-15(20)13-10-17(2,3)18(22,16(11)13)12-5-7-21(4)8-6-12/h9,12,22H,5-8,10H2,1-4H3. The van der Waals surface area contributed by atoms with E-state index in [1.165, 1.54) is 0 Å². The summed E-state index contributed by atoms with van der Waals surface area (Å²) in [6.07, 6.45) is 2.53. The molecule has 2 nitrogen and oxygen atoms in total. The second kappa shape index (κ2) is 5.29. The molecule has 0 bridgehead atoms. The van der Waals surface area contributed by atoms with Gasteiger partial charge in [0.15, 0.2) is 0 Å². The quantitative estimate of drug-likeness (QED) is 0.808. The molecule has 4 heteroatoms. The van der Waals surface area contributed by atoms with E-state index in [-0.39, 0.29) is 17.2 Å². The zero-order valence-corrected chi connectivity index (χ0v) is 15.4. The van der Waals surface area contributed by atoms with Crippen LogP contribution in [0.1, 0.15) is 43.4 Å². The summed E-state index contributed by atoms with van der Waals surface area (Å²) in [6.45, 7) is 8.14. The highest BCUT2D eigenvalue weighted by Crippen LogP contribution is 2.58. The fraction of sp³-hybridized carbons (Fsp3) is 0.667. The van der Waals surface area contributed by atoms with Gasteiger partial charge in [-0.05, 0) is 75.0 Å². The van der Waals surface area contributed by atoms with Crippen molar-refractivity contribution in [1.82, 2.24) is 4.90 Å². The normalized spacial score (nSPS) is 28.9. The fourth-order valence-corrected chi connectivity index (χ4v) is 4.96. The molecule has 1 aliphatic heterocycles. The molecule has 1 atom stereocenters. The highest BCUT2D eigenvalue weighted by Gasteiger charge is 2.57. The molecule has 0 spiro atoms. The Morgan fingerprint density at radius 1 is 1.32 bits per heavy atom. The minimum atomic E-state index is -0.946. The zero-order chi connectivity index (χ0) is 16.3. The Morgan fingerprint density at radius 2 is 1.91 bits per heavy atom. The molecular formula is C18H25BrFNO. The summed E-state index contributed by atoms with van der Waals surface area (Å²) in [4.78, 5) is 2.30. The van der Waals surface area contributed by atoms with Crippen LogP contribution in [0.25, 0.3) is 0 Å². The van der Waals surface area contributed by atoms with E-state index in [9.17, 15) is 9.50 Å². The molecule has 1 fully saturated rings. The van der Waals surface area contributed by atoms with E-state index < -0.39 is 5.60 Å². The first-order valence-corrected chi connectivity index (χ1v) is 8.86. The van der Waals surface area contributed by atoms with Crippen molar-refractivity contribution in [3.63, 3.8) is 0 Å². The number of likely N-dealkylation sites (tertiary alicyclic amines) is 1. The molecular weight excluding hydrogens is 345 g/mol. The number of rotatable bonds is 1. The molecule has 0 aromatic heterocycles. The summed E-state index contributed by atoms with van der Waals surface area (Å²) < 4.78 is 15.3. The number of hydrogen-bond donors (Lipinski definition) is 1. The third-order valence-corrected chi connectivity index (χ3v) is 6.74. The predicted octanol–water partition coefficient (Wildman–Crippen LogP) is 4.01. The van der Waals surface area contributed by atoms with Crippen molar-refractivity contribution in [2.45, 2.75) is 45.6 Å². The molecule has 1 aromatic rings. The molecule has 1 aromatic carbocycles. The van der Waals surface area contributed by atoms with E-state index in [4.69, 9.17) is 0 Å². The van der Waals surface area contributed by atoms with Gasteiger partial charge in [-0.15, -0.1) is 0 Å². The van der Waals surface area contributed by atoms with Crippen molar-refractivity contribution in [3.05, 3.63) is 33.0 Å². The van der Waals surface area contributed by atoms with Crippen LogP contribution in [0.15, 0.2) is 10.5 Å². The molecule has 122 valence electrons. The van der Waals surface area contributed by atoms with Gasteiger partial charge in [-0.25, -0.2) is 4.39 Å². The number of piperidine rings is 1. The smallest absolute Gasteiger partial charge is 0.127 e. The van der Waals surface area contributed by atoms with Crippen molar-refractivity contribution in [1.29, 1.82) is 0 Å². The van der Waals surface area contributed by atoms with Gasteiger partial charge in [-0.3, -0.25) is 0 Å². The molecule has 0 radical (unpaired) electrons. The van der Waals surface area contributed by atoms with Crippen LogP contribution in [0.5, 0.6) is 0 Å². The summed E-state index contributed by atoms with van der Waals surface area (Å²) in [5, 5.41) is 11.8. The average Bonchev–Trinajstić information content (AvgIpc) is 2.66. The number of fused-ring (bicyclic) bond motifs is 1. The van der Waals surface area contributed by atoms with Gasteiger partial charge in [0.2, 0.25) is 0 Å². The Bertz CT molecular complexity index is 608. The van der Waals surface area contributed by atoms with E-state index in [1.807, 2.05) is 6.92 Å². The molecule has 1 N–H and O–H groups in total. The SMILES string of the molecule is Cc1c(Br)cc(F)c2c1C(O)(C1CCN(C)CC1)C(C)(C)C2. The minimum Gasteiger partial charge on any atom is -0.384 e. The van der Waals surface area contributed by atoms with E-state index in [0.29, 0.717) is 12.0 Å². The summed E-state index contributed by atoms with van der Waals surface area (Å²) in [5.74, 6) is -0.00301. The lowest BCUT2D eigenvalue weighted by Gasteiger charge is -2.47. The molecule has 1 aliphatic carbocycles. The highest BCUT2D eigenvalue weighted by atomic mass is 79.9. The number of benzene rings is 1. The number of hydrogen-bond acceptors (Lipinski definition) is 2. The summed E-state index contributed by atoms with van der Waals surface area (Å²) in [6, 6.07) is 1.55. The van der Waals surface area contributed by atoms with Crippen molar-refractivity contribution in [3.8, 4) is 0 Å². The second-order valence-corrected chi connectivity index (χ2v) is 8.58. The first-order chi connectivity index (χ1) is 10.2. The number of halogens is 2. The Morgan fingerprint density at radius 3 is 2.50 bits per heavy atom. The maximum absolute atomic E-state index is 14.5. The molecule has 1 heterocycles. The first kappa shape index (κ1) is 16.4. The lowest BCUT2D eigenvalue weighted by atomic mass is 9.65. The fourth-order valence-electron chi connectivity index (χ4n) is 4.56. The van der Waals surface area contributed by atoms with Crippen molar-refractivity contribution < 1.29 is 9.50 Å². The van der Waals surface area contributed by atoms with Crippen LogP contribution < -0.4 is 0 Å². The molecule has 3 rings (SSSR count). The third-order valence-electron chi connectivity index (χ3n) is 5.92. The molecule has 0 saturated carbocycles. The van der Waals surface area contributed by atoms with Crippen LogP contribution in [0.4, 0.5) is 4.39 Å². The van der Waals surface area contributed by atoms with Crippen molar-refractivity contribution >= 4 is 15.9 Å². The highest BCUT2D eigenvalue weighted by molar-refractivity contribution is 9.10. The van der Waals surface area contributed by atoms with Crippen LogP contribution in [0.3, 0.4) is 0 Å². The average molecular weight is 370 g/mol. The Labute approximate surface area is 140 Å².